The Kier molecular flexibility index (Phi) is 3.40. The predicted octanol–water partition coefficient (Wildman–Crippen LogP) is 1.65. The summed E-state index contributed by atoms with van der Waals surface area (Å²) in [6, 6.07) is 9.26. The van der Waals surface area contributed by atoms with Gasteiger partial charge in [0.1, 0.15) is 0 Å². The lowest BCUT2D eigenvalue weighted by Crippen LogP contribution is -2.13. The molecule has 0 fully saturated rings. The van der Waals surface area contributed by atoms with E-state index in [1.54, 1.807) is 0 Å². The molecule has 1 aliphatic rings. The Balaban J connectivity index is 2.25. The number of carbonyl (C=O) groups is 2. The fraction of sp³-hybridized carbons (Fsp3) is 0.0667. The third kappa shape index (κ3) is 2.55. The second-order valence-electron chi connectivity index (χ2n) is 3.62. The first-order valence-electron chi connectivity index (χ1n) is 5.34. The van der Waals surface area contributed by atoms with Crippen molar-refractivity contribution in [2.24, 2.45) is 0 Å². The predicted molar refractivity (Wildman–Crippen MR) is 66.5 cm³/mol. The molecular weight excluding hydrogens is 228 g/mol. The first-order chi connectivity index (χ1) is 8.70. The van der Waals surface area contributed by atoms with Crippen molar-refractivity contribution in [3.8, 4) is 11.8 Å². The van der Waals surface area contributed by atoms with Gasteiger partial charge in [-0.2, -0.15) is 0 Å². The Bertz CT molecular complexity index is 610. The molecule has 1 aromatic carbocycles. The van der Waals surface area contributed by atoms with Crippen LogP contribution in [0.5, 0.6) is 0 Å². The number of rotatable bonds is 1. The van der Waals surface area contributed by atoms with Crippen LogP contribution in [0.15, 0.2) is 53.8 Å². The summed E-state index contributed by atoms with van der Waals surface area (Å²) in [6.45, 7) is 0. The second kappa shape index (κ2) is 5.15. The summed E-state index contributed by atoms with van der Waals surface area (Å²) in [7, 11) is 1.35. The lowest BCUT2D eigenvalue weighted by Gasteiger charge is -2.06. The molecule has 0 heterocycles. The maximum absolute atomic E-state index is 11.7. The van der Waals surface area contributed by atoms with Crippen molar-refractivity contribution in [1.29, 1.82) is 0 Å². The van der Waals surface area contributed by atoms with Gasteiger partial charge in [0.25, 0.3) is 0 Å². The summed E-state index contributed by atoms with van der Waals surface area (Å²) in [4.78, 5) is 23.2. The van der Waals surface area contributed by atoms with E-state index in [1.807, 2.05) is 30.3 Å². The quantitative estimate of drug-likeness (QED) is 0.552. The highest BCUT2D eigenvalue weighted by atomic mass is 16.5. The molecule has 18 heavy (non-hydrogen) atoms. The summed E-state index contributed by atoms with van der Waals surface area (Å²) in [5.74, 6) is 4.94. The van der Waals surface area contributed by atoms with Crippen LogP contribution < -0.4 is 0 Å². The van der Waals surface area contributed by atoms with Crippen molar-refractivity contribution in [3.05, 3.63) is 59.4 Å². The number of methoxy groups -OCH3 is 1. The smallest absolute Gasteiger partial charge is 0.221 e. The van der Waals surface area contributed by atoms with Crippen molar-refractivity contribution in [2.45, 2.75) is 0 Å². The van der Waals surface area contributed by atoms with Crippen molar-refractivity contribution < 1.29 is 14.3 Å². The lowest BCUT2D eigenvalue weighted by molar-refractivity contribution is -0.117. The van der Waals surface area contributed by atoms with Gasteiger partial charge in [-0.1, -0.05) is 30.0 Å². The number of ketones is 2. The average Bonchev–Trinajstić information content (AvgIpc) is 2.40. The van der Waals surface area contributed by atoms with Gasteiger partial charge >= 0.3 is 0 Å². The molecule has 0 radical (unpaired) electrons. The third-order valence-corrected chi connectivity index (χ3v) is 2.38. The van der Waals surface area contributed by atoms with Gasteiger partial charge in [0.15, 0.2) is 11.5 Å². The molecule has 0 atom stereocenters. The summed E-state index contributed by atoms with van der Waals surface area (Å²) in [5.41, 5.74) is 0.977. The number of allylic oxidation sites excluding steroid dienone is 3. The fourth-order valence-electron chi connectivity index (χ4n) is 1.46. The van der Waals surface area contributed by atoms with E-state index in [2.05, 4.69) is 11.8 Å². The van der Waals surface area contributed by atoms with Crippen molar-refractivity contribution in [1.82, 2.24) is 0 Å². The zero-order chi connectivity index (χ0) is 13.0. The Morgan fingerprint density at radius 3 is 2.33 bits per heavy atom. The fourth-order valence-corrected chi connectivity index (χ4v) is 1.46. The van der Waals surface area contributed by atoms with Gasteiger partial charge in [-0.15, -0.1) is 0 Å². The molecule has 0 N–H and O–H groups in total. The molecule has 0 bridgehead atoms. The normalized spacial score (nSPS) is 14.3. The zero-order valence-corrected chi connectivity index (χ0v) is 9.77. The van der Waals surface area contributed by atoms with E-state index in [-0.39, 0.29) is 22.9 Å². The number of hydrogen-bond donors (Lipinski definition) is 0. The first-order valence-corrected chi connectivity index (χ1v) is 5.34. The van der Waals surface area contributed by atoms with Crippen LogP contribution in [0.3, 0.4) is 0 Å². The Labute approximate surface area is 105 Å². The summed E-state index contributed by atoms with van der Waals surface area (Å²) in [6.07, 6.45) is 2.37. The van der Waals surface area contributed by atoms with E-state index in [1.165, 1.54) is 13.2 Å². The lowest BCUT2D eigenvalue weighted by atomic mass is 10.0. The van der Waals surface area contributed by atoms with Crippen LogP contribution in [-0.4, -0.2) is 18.7 Å². The minimum absolute atomic E-state index is 0.0465. The molecule has 1 aromatic rings. The Morgan fingerprint density at radius 1 is 0.944 bits per heavy atom. The van der Waals surface area contributed by atoms with Gasteiger partial charge in [-0.25, -0.2) is 0 Å². The van der Waals surface area contributed by atoms with E-state index in [4.69, 9.17) is 4.74 Å². The zero-order valence-electron chi connectivity index (χ0n) is 9.77. The van der Waals surface area contributed by atoms with Crippen LogP contribution >= 0.6 is 0 Å². The molecule has 3 nitrogen and oxygen atoms in total. The SMILES string of the molecule is COC1=CC(=O)C(C#Cc2ccccc2)=CC1=O. The Morgan fingerprint density at radius 2 is 1.67 bits per heavy atom. The van der Waals surface area contributed by atoms with E-state index in [9.17, 15) is 9.59 Å². The van der Waals surface area contributed by atoms with Crippen LogP contribution in [0.2, 0.25) is 0 Å². The molecule has 3 heteroatoms. The monoisotopic (exact) mass is 238 g/mol. The third-order valence-electron chi connectivity index (χ3n) is 2.38. The van der Waals surface area contributed by atoms with Crippen LogP contribution in [0.25, 0.3) is 0 Å². The van der Waals surface area contributed by atoms with Crippen LogP contribution in [0.4, 0.5) is 0 Å². The van der Waals surface area contributed by atoms with E-state index >= 15 is 0 Å². The maximum Gasteiger partial charge on any atom is 0.221 e. The number of hydrogen-bond acceptors (Lipinski definition) is 3. The van der Waals surface area contributed by atoms with Crippen LogP contribution in [0.1, 0.15) is 5.56 Å². The Hall–Kier alpha value is -2.60. The standard InChI is InChI=1S/C15H10O3/c1-18-15-10-13(16)12(9-14(15)17)8-7-11-5-3-2-4-6-11/h2-6,9-10H,1H3. The minimum Gasteiger partial charge on any atom is -0.493 e. The molecular formula is C15H10O3. The minimum atomic E-state index is -0.338. The van der Waals surface area contributed by atoms with Crippen molar-refractivity contribution >= 4 is 11.6 Å². The average molecular weight is 238 g/mol. The second-order valence-corrected chi connectivity index (χ2v) is 3.62. The molecule has 2 rings (SSSR count). The topological polar surface area (TPSA) is 43.4 Å². The van der Waals surface area contributed by atoms with Crippen molar-refractivity contribution in [3.63, 3.8) is 0 Å². The number of benzene rings is 1. The van der Waals surface area contributed by atoms with Crippen LogP contribution in [-0.2, 0) is 14.3 Å². The van der Waals surface area contributed by atoms with E-state index < -0.39 is 0 Å². The molecule has 0 unspecified atom stereocenters. The molecule has 0 spiro atoms. The molecule has 0 saturated heterocycles. The molecule has 0 aromatic heterocycles. The molecule has 0 aliphatic heterocycles. The summed E-state index contributed by atoms with van der Waals surface area (Å²) >= 11 is 0. The van der Waals surface area contributed by atoms with Gasteiger partial charge in [-0.3, -0.25) is 9.59 Å². The summed E-state index contributed by atoms with van der Waals surface area (Å²) < 4.78 is 4.78. The van der Waals surface area contributed by atoms with Gasteiger partial charge in [-0.05, 0) is 12.1 Å². The highest BCUT2D eigenvalue weighted by Gasteiger charge is 2.19. The molecule has 1 aliphatic carbocycles. The van der Waals surface area contributed by atoms with Gasteiger partial charge in [0, 0.05) is 17.7 Å². The molecule has 88 valence electrons. The highest BCUT2D eigenvalue weighted by Crippen LogP contribution is 2.11. The van der Waals surface area contributed by atoms with Gasteiger partial charge in [0.05, 0.1) is 12.7 Å². The first kappa shape index (κ1) is 11.9. The number of ether oxygens (including phenoxy) is 1. The highest BCUT2D eigenvalue weighted by molar-refractivity contribution is 6.21. The maximum atomic E-state index is 11.7. The molecule has 0 saturated carbocycles. The van der Waals surface area contributed by atoms with E-state index in [0.717, 1.165) is 11.6 Å². The summed E-state index contributed by atoms with van der Waals surface area (Å²) in [5, 5.41) is 0. The van der Waals surface area contributed by atoms with E-state index in [0.29, 0.717) is 0 Å². The van der Waals surface area contributed by atoms with Crippen molar-refractivity contribution in [2.75, 3.05) is 7.11 Å². The van der Waals surface area contributed by atoms with Gasteiger partial charge < -0.3 is 4.74 Å². The number of carbonyl (C=O) groups excluding carboxylic acids is 2. The van der Waals surface area contributed by atoms with Crippen LogP contribution in [0, 0.1) is 11.8 Å². The largest absolute Gasteiger partial charge is 0.493 e. The van der Waals surface area contributed by atoms with Gasteiger partial charge in [0.2, 0.25) is 5.78 Å². The molecule has 0 amide bonds.